The van der Waals surface area contributed by atoms with Crippen LogP contribution < -0.4 is 9.62 Å². The van der Waals surface area contributed by atoms with Gasteiger partial charge < -0.3 is 5.32 Å². The van der Waals surface area contributed by atoms with Gasteiger partial charge in [0, 0.05) is 0 Å². The van der Waals surface area contributed by atoms with Crippen molar-refractivity contribution in [3.63, 3.8) is 0 Å². The van der Waals surface area contributed by atoms with E-state index in [0.717, 1.165) is 21.0 Å². The zero-order chi connectivity index (χ0) is 22.6. The van der Waals surface area contributed by atoms with Gasteiger partial charge in [-0.1, -0.05) is 54.1 Å². The first-order valence-electron chi connectivity index (χ1n) is 10.2. The summed E-state index contributed by atoms with van der Waals surface area (Å²) in [5.74, 6) is -0.370. The molecule has 1 amide bonds. The maximum absolute atomic E-state index is 13.3. The van der Waals surface area contributed by atoms with Crippen LogP contribution in [0.5, 0.6) is 0 Å². The van der Waals surface area contributed by atoms with E-state index in [2.05, 4.69) is 5.32 Å². The van der Waals surface area contributed by atoms with Gasteiger partial charge in [0.15, 0.2) is 0 Å². The number of sulfonamides is 1. The minimum absolute atomic E-state index is 0.144. The number of carbonyl (C=O) groups excluding carboxylic acids is 1. The van der Waals surface area contributed by atoms with Gasteiger partial charge in [-0.15, -0.1) is 0 Å². The molecule has 6 heteroatoms. The van der Waals surface area contributed by atoms with Crippen LogP contribution in [0.1, 0.15) is 35.2 Å². The molecule has 162 valence electrons. The first-order valence-corrected chi connectivity index (χ1v) is 11.6. The summed E-state index contributed by atoms with van der Waals surface area (Å²) in [7, 11) is -3.90. The minimum Gasteiger partial charge on any atom is -0.348 e. The van der Waals surface area contributed by atoms with Crippen molar-refractivity contribution in [2.45, 2.75) is 38.6 Å². The van der Waals surface area contributed by atoms with Gasteiger partial charge in [0.05, 0.1) is 16.6 Å². The number of nitrogens with zero attached hydrogens (tertiary/aromatic N) is 1. The Kier molecular flexibility index (Phi) is 6.81. The topological polar surface area (TPSA) is 66.5 Å². The molecule has 0 saturated carbocycles. The Hall–Kier alpha value is -3.12. The van der Waals surface area contributed by atoms with Gasteiger partial charge in [0.25, 0.3) is 10.0 Å². The fraction of sp³-hybridized carbons (Fsp3) is 0.240. The van der Waals surface area contributed by atoms with Crippen LogP contribution in [-0.4, -0.2) is 20.9 Å². The third-order valence-corrected chi connectivity index (χ3v) is 7.14. The third-order valence-electron chi connectivity index (χ3n) is 5.35. The highest BCUT2D eigenvalue weighted by Crippen LogP contribution is 2.24. The van der Waals surface area contributed by atoms with E-state index in [0.29, 0.717) is 5.69 Å². The molecule has 0 spiro atoms. The van der Waals surface area contributed by atoms with Crippen molar-refractivity contribution in [2.24, 2.45) is 0 Å². The van der Waals surface area contributed by atoms with Crippen LogP contribution in [0, 0.1) is 20.8 Å². The second-order valence-corrected chi connectivity index (χ2v) is 9.66. The quantitative estimate of drug-likeness (QED) is 0.585. The van der Waals surface area contributed by atoms with Crippen molar-refractivity contribution in [3.05, 3.63) is 95.1 Å². The Morgan fingerprint density at radius 3 is 2.16 bits per heavy atom. The first-order chi connectivity index (χ1) is 14.7. The second-order valence-electron chi connectivity index (χ2n) is 7.79. The van der Waals surface area contributed by atoms with Crippen molar-refractivity contribution in [3.8, 4) is 0 Å². The monoisotopic (exact) mass is 436 g/mol. The fourth-order valence-corrected chi connectivity index (χ4v) is 4.72. The van der Waals surface area contributed by atoms with Crippen LogP contribution in [-0.2, 0) is 14.8 Å². The molecule has 0 fully saturated rings. The lowest BCUT2D eigenvalue weighted by Gasteiger charge is -2.25. The second kappa shape index (κ2) is 9.35. The number of carbonyl (C=O) groups is 1. The highest BCUT2D eigenvalue weighted by atomic mass is 32.2. The smallest absolute Gasteiger partial charge is 0.264 e. The molecule has 0 aliphatic carbocycles. The van der Waals surface area contributed by atoms with Crippen LogP contribution in [0.15, 0.2) is 77.7 Å². The highest BCUT2D eigenvalue weighted by Gasteiger charge is 2.27. The molecule has 0 bridgehead atoms. The van der Waals surface area contributed by atoms with E-state index in [1.165, 1.54) is 17.7 Å². The van der Waals surface area contributed by atoms with E-state index < -0.39 is 10.0 Å². The molecule has 0 aliphatic rings. The number of aryl methyl sites for hydroxylation is 3. The van der Waals surface area contributed by atoms with Gasteiger partial charge in [0.1, 0.15) is 6.54 Å². The van der Waals surface area contributed by atoms with E-state index in [9.17, 15) is 13.2 Å². The van der Waals surface area contributed by atoms with Crippen molar-refractivity contribution >= 4 is 21.6 Å². The van der Waals surface area contributed by atoms with Crippen LogP contribution in [0.2, 0.25) is 0 Å². The molecule has 0 saturated heterocycles. The largest absolute Gasteiger partial charge is 0.348 e. The van der Waals surface area contributed by atoms with Gasteiger partial charge in [-0.25, -0.2) is 8.42 Å². The Balaban J connectivity index is 1.87. The summed E-state index contributed by atoms with van der Waals surface area (Å²) in [6.45, 7) is 7.58. The molecule has 31 heavy (non-hydrogen) atoms. The number of nitrogens with one attached hydrogen (secondary N) is 1. The molecule has 0 heterocycles. The molecule has 3 aromatic rings. The summed E-state index contributed by atoms with van der Waals surface area (Å²) >= 11 is 0. The van der Waals surface area contributed by atoms with E-state index in [1.54, 1.807) is 30.3 Å². The summed E-state index contributed by atoms with van der Waals surface area (Å²) in [6, 6.07) is 21.1. The molecular weight excluding hydrogens is 408 g/mol. The number of amides is 1. The Bertz CT molecular complexity index is 1160. The van der Waals surface area contributed by atoms with Crippen molar-refractivity contribution in [1.82, 2.24) is 5.32 Å². The predicted molar refractivity (Wildman–Crippen MR) is 125 cm³/mol. The Morgan fingerprint density at radius 1 is 0.903 bits per heavy atom. The van der Waals surface area contributed by atoms with Gasteiger partial charge in [-0.3, -0.25) is 9.10 Å². The molecular formula is C25H28N2O3S. The number of hydrogen-bond donors (Lipinski definition) is 1. The molecule has 5 nitrogen and oxygen atoms in total. The van der Waals surface area contributed by atoms with Gasteiger partial charge in [0.2, 0.25) is 5.91 Å². The maximum atomic E-state index is 13.3. The lowest BCUT2D eigenvalue weighted by molar-refractivity contribution is -0.120. The van der Waals surface area contributed by atoms with Crippen LogP contribution in [0.3, 0.4) is 0 Å². The van der Waals surface area contributed by atoms with E-state index in [4.69, 9.17) is 0 Å². The van der Waals surface area contributed by atoms with Crippen molar-refractivity contribution < 1.29 is 13.2 Å². The molecule has 0 aliphatic heterocycles. The highest BCUT2D eigenvalue weighted by molar-refractivity contribution is 7.92. The van der Waals surface area contributed by atoms with Crippen LogP contribution >= 0.6 is 0 Å². The zero-order valence-corrected chi connectivity index (χ0v) is 19.1. The third kappa shape index (κ3) is 5.33. The van der Waals surface area contributed by atoms with Gasteiger partial charge in [-0.05, 0) is 68.7 Å². The lowest BCUT2D eigenvalue weighted by Crippen LogP contribution is -2.41. The first kappa shape index (κ1) is 22.6. The number of benzene rings is 3. The number of hydrogen-bond acceptors (Lipinski definition) is 3. The van der Waals surface area contributed by atoms with Gasteiger partial charge in [-0.2, -0.15) is 0 Å². The molecule has 1 N–H and O–H groups in total. The number of rotatable bonds is 7. The average Bonchev–Trinajstić information content (AvgIpc) is 2.75. The van der Waals surface area contributed by atoms with Gasteiger partial charge >= 0.3 is 0 Å². The summed E-state index contributed by atoms with van der Waals surface area (Å²) in [5.41, 5.74) is 4.76. The normalized spacial score (nSPS) is 12.3. The van der Waals surface area contributed by atoms with Crippen molar-refractivity contribution in [2.75, 3.05) is 10.8 Å². The lowest BCUT2D eigenvalue weighted by atomic mass is 10.0. The summed E-state index contributed by atoms with van der Waals surface area (Å²) in [6.07, 6.45) is 0. The summed E-state index contributed by atoms with van der Waals surface area (Å²) in [5, 5.41) is 2.93. The zero-order valence-electron chi connectivity index (χ0n) is 18.3. The summed E-state index contributed by atoms with van der Waals surface area (Å²) in [4.78, 5) is 13.0. The molecule has 0 unspecified atom stereocenters. The van der Waals surface area contributed by atoms with E-state index in [1.807, 2.05) is 58.0 Å². The average molecular weight is 437 g/mol. The van der Waals surface area contributed by atoms with E-state index >= 15 is 0 Å². The Labute approximate surface area is 184 Å². The molecule has 0 aromatic heterocycles. The van der Waals surface area contributed by atoms with E-state index in [-0.39, 0.29) is 23.4 Å². The molecule has 1 atom stereocenters. The molecule has 3 aromatic carbocycles. The maximum Gasteiger partial charge on any atom is 0.264 e. The standard InChI is InChI=1S/C25H28N2O3S/c1-18-10-14-23(15-11-18)27(31(29,30)24-8-6-5-7-9-24)17-25(28)26-21(4)22-13-12-19(2)20(3)16-22/h5-16,21H,17H2,1-4H3,(H,26,28)/t21-/m1/s1. The van der Waals surface area contributed by atoms with Crippen LogP contribution in [0.4, 0.5) is 5.69 Å². The Morgan fingerprint density at radius 2 is 1.55 bits per heavy atom. The molecule has 3 rings (SSSR count). The number of anilines is 1. The minimum atomic E-state index is -3.90. The fourth-order valence-electron chi connectivity index (χ4n) is 3.28. The van der Waals surface area contributed by atoms with Crippen molar-refractivity contribution in [1.29, 1.82) is 0 Å². The SMILES string of the molecule is Cc1ccc(N(CC(=O)N[C@H](C)c2ccc(C)c(C)c2)S(=O)(=O)c2ccccc2)cc1. The molecule has 0 radical (unpaired) electrons. The summed E-state index contributed by atoms with van der Waals surface area (Å²) < 4.78 is 27.8. The van der Waals surface area contributed by atoms with Crippen LogP contribution in [0.25, 0.3) is 0 Å². The predicted octanol–water partition coefficient (Wildman–Crippen LogP) is 4.68.